The van der Waals surface area contributed by atoms with E-state index in [1.807, 2.05) is 13.4 Å². The van der Waals surface area contributed by atoms with Crippen LogP contribution in [-0.2, 0) is 6.54 Å². The van der Waals surface area contributed by atoms with Gasteiger partial charge in [-0.2, -0.15) is 0 Å². The van der Waals surface area contributed by atoms with E-state index in [4.69, 9.17) is 0 Å². The number of hydrogen-bond acceptors (Lipinski definition) is 2. The third-order valence-electron chi connectivity index (χ3n) is 4.41. The molecule has 0 bridgehead atoms. The van der Waals surface area contributed by atoms with Crippen LogP contribution in [0, 0.1) is 27.7 Å². The Balaban J connectivity index is 2.15. The number of nitrogens with one attached hydrogen (secondary N) is 1. The van der Waals surface area contributed by atoms with Crippen LogP contribution in [0.25, 0.3) is 0 Å². The maximum Gasteiger partial charge on any atom is 0.0909 e. The summed E-state index contributed by atoms with van der Waals surface area (Å²) in [6.07, 6.45) is 1.89. The summed E-state index contributed by atoms with van der Waals surface area (Å²) in [7, 11) is 2.03. The van der Waals surface area contributed by atoms with Gasteiger partial charge in [-0.25, -0.2) is 4.99 Å². The van der Waals surface area contributed by atoms with Crippen LogP contribution in [0.5, 0.6) is 0 Å². The molecule has 0 unspecified atom stereocenters. The molecule has 0 aliphatic rings. The summed E-state index contributed by atoms with van der Waals surface area (Å²) in [6, 6.07) is 10.9. The van der Waals surface area contributed by atoms with Crippen LogP contribution < -0.4 is 5.32 Å². The first-order valence-corrected chi connectivity index (χ1v) is 8.56. The van der Waals surface area contributed by atoms with Crippen molar-refractivity contribution in [2.24, 2.45) is 4.99 Å². The zero-order valence-corrected chi connectivity index (χ0v) is 15.8. The Kier molecular flexibility index (Phi) is 6.02. The first kappa shape index (κ1) is 18.1. The summed E-state index contributed by atoms with van der Waals surface area (Å²) >= 11 is 0. The van der Waals surface area contributed by atoms with Crippen LogP contribution in [0.15, 0.2) is 35.3 Å². The summed E-state index contributed by atoms with van der Waals surface area (Å²) in [5.41, 5.74) is 8.59. The summed E-state index contributed by atoms with van der Waals surface area (Å²) in [6.45, 7) is 12.5. The number of rotatable bonds is 6. The van der Waals surface area contributed by atoms with Gasteiger partial charge in [-0.15, -0.1) is 0 Å². The van der Waals surface area contributed by atoms with Gasteiger partial charge >= 0.3 is 0 Å². The molecule has 0 saturated carbocycles. The van der Waals surface area contributed by atoms with Gasteiger partial charge in [-0.1, -0.05) is 23.8 Å². The molecule has 128 valence electrons. The van der Waals surface area contributed by atoms with E-state index < -0.39 is 0 Å². The van der Waals surface area contributed by atoms with Crippen LogP contribution in [0.2, 0.25) is 0 Å². The lowest BCUT2D eigenvalue weighted by atomic mass is 10.0. The van der Waals surface area contributed by atoms with Crippen LogP contribution in [0.4, 0.5) is 11.4 Å². The van der Waals surface area contributed by atoms with Gasteiger partial charge < -0.3 is 10.2 Å². The quantitative estimate of drug-likeness (QED) is 0.588. The SMILES string of the molecule is CCN(C)/C=N\c1cc(C)c(NCc2cc(C)ccc2C)cc1C. The predicted molar refractivity (Wildman–Crippen MR) is 106 cm³/mol. The second kappa shape index (κ2) is 8.00. The fourth-order valence-electron chi connectivity index (χ4n) is 2.55. The van der Waals surface area contributed by atoms with E-state index in [-0.39, 0.29) is 0 Å². The summed E-state index contributed by atoms with van der Waals surface area (Å²) in [4.78, 5) is 6.67. The lowest BCUT2D eigenvalue weighted by Gasteiger charge is -2.14. The molecule has 0 radical (unpaired) electrons. The minimum Gasteiger partial charge on any atom is -0.381 e. The van der Waals surface area contributed by atoms with E-state index in [1.54, 1.807) is 0 Å². The Hall–Kier alpha value is -2.29. The molecule has 0 aliphatic heterocycles. The number of aryl methyl sites for hydroxylation is 4. The van der Waals surface area contributed by atoms with Crippen LogP contribution >= 0.6 is 0 Å². The largest absolute Gasteiger partial charge is 0.381 e. The first-order chi connectivity index (χ1) is 11.4. The number of aliphatic imine (C=N–C) groups is 1. The van der Waals surface area contributed by atoms with Crippen LogP contribution in [0.1, 0.15) is 34.7 Å². The van der Waals surface area contributed by atoms with Gasteiger partial charge in [-0.05, 0) is 69.0 Å². The molecule has 3 heteroatoms. The van der Waals surface area contributed by atoms with Gasteiger partial charge in [-0.3, -0.25) is 0 Å². The Labute approximate surface area is 146 Å². The molecule has 0 aromatic heterocycles. The van der Waals surface area contributed by atoms with Crippen LogP contribution in [-0.4, -0.2) is 24.8 Å². The molecule has 0 spiro atoms. The molecular weight excluding hydrogens is 294 g/mol. The molecule has 1 N–H and O–H groups in total. The normalized spacial score (nSPS) is 11.1. The minimum absolute atomic E-state index is 0.842. The average Bonchev–Trinajstić information content (AvgIpc) is 2.56. The van der Waals surface area contributed by atoms with Crippen molar-refractivity contribution in [3.63, 3.8) is 0 Å². The summed E-state index contributed by atoms with van der Waals surface area (Å²) in [5, 5.41) is 3.58. The molecule has 2 aromatic rings. The predicted octanol–water partition coefficient (Wildman–Crippen LogP) is 5.14. The summed E-state index contributed by atoms with van der Waals surface area (Å²) in [5.74, 6) is 0. The molecule has 0 atom stereocenters. The highest BCUT2D eigenvalue weighted by molar-refractivity contribution is 5.67. The van der Waals surface area contributed by atoms with Crippen molar-refractivity contribution < 1.29 is 0 Å². The molecule has 2 aromatic carbocycles. The maximum absolute atomic E-state index is 4.60. The van der Waals surface area contributed by atoms with E-state index in [2.05, 4.69) is 80.2 Å². The van der Waals surface area contributed by atoms with Gasteiger partial charge in [0.25, 0.3) is 0 Å². The van der Waals surface area contributed by atoms with E-state index in [0.29, 0.717) is 0 Å². The molecule has 0 fully saturated rings. The van der Waals surface area contributed by atoms with Crippen molar-refractivity contribution >= 4 is 17.7 Å². The molecular formula is C21H29N3. The molecule has 2 rings (SSSR count). The maximum atomic E-state index is 4.60. The van der Waals surface area contributed by atoms with Crippen molar-refractivity contribution in [1.82, 2.24) is 4.90 Å². The van der Waals surface area contributed by atoms with Gasteiger partial charge in [0.15, 0.2) is 0 Å². The van der Waals surface area contributed by atoms with Crippen molar-refractivity contribution in [2.75, 3.05) is 18.9 Å². The monoisotopic (exact) mass is 323 g/mol. The topological polar surface area (TPSA) is 27.6 Å². The summed E-state index contributed by atoms with van der Waals surface area (Å²) < 4.78 is 0. The second-order valence-electron chi connectivity index (χ2n) is 6.55. The van der Waals surface area contributed by atoms with Crippen LogP contribution in [0.3, 0.4) is 0 Å². The third kappa shape index (κ3) is 4.60. The molecule has 0 heterocycles. The molecule has 3 nitrogen and oxygen atoms in total. The zero-order chi connectivity index (χ0) is 17.7. The van der Waals surface area contributed by atoms with E-state index in [0.717, 1.165) is 18.8 Å². The molecule has 0 amide bonds. The second-order valence-corrected chi connectivity index (χ2v) is 6.55. The Bertz CT molecular complexity index is 732. The van der Waals surface area contributed by atoms with Crippen molar-refractivity contribution in [1.29, 1.82) is 0 Å². The van der Waals surface area contributed by atoms with Gasteiger partial charge in [0.2, 0.25) is 0 Å². The fraction of sp³-hybridized carbons (Fsp3) is 0.381. The lowest BCUT2D eigenvalue weighted by Crippen LogP contribution is -2.14. The van der Waals surface area contributed by atoms with Gasteiger partial charge in [0.05, 0.1) is 12.0 Å². The highest BCUT2D eigenvalue weighted by atomic mass is 15.1. The van der Waals surface area contributed by atoms with E-state index >= 15 is 0 Å². The first-order valence-electron chi connectivity index (χ1n) is 8.56. The van der Waals surface area contributed by atoms with Crippen molar-refractivity contribution in [3.8, 4) is 0 Å². The highest BCUT2D eigenvalue weighted by Crippen LogP contribution is 2.27. The van der Waals surface area contributed by atoms with Gasteiger partial charge in [0.1, 0.15) is 0 Å². The van der Waals surface area contributed by atoms with E-state index in [9.17, 15) is 0 Å². The average molecular weight is 323 g/mol. The smallest absolute Gasteiger partial charge is 0.0909 e. The van der Waals surface area contributed by atoms with Crippen molar-refractivity contribution in [3.05, 3.63) is 58.1 Å². The zero-order valence-electron chi connectivity index (χ0n) is 15.8. The number of nitrogens with zero attached hydrogens (tertiary/aromatic N) is 2. The fourth-order valence-corrected chi connectivity index (χ4v) is 2.55. The Morgan fingerprint density at radius 1 is 1.00 bits per heavy atom. The van der Waals surface area contributed by atoms with E-state index in [1.165, 1.54) is 33.5 Å². The minimum atomic E-state index is 0.842. The molecule has 24 heavy (non-hydrogen) atoms. The molecule has 0 saturated heterocycles. The van der Waals surface area contributed by atoms with Crippen molar-refractivity contribution in [2.45, 2.75) is 41.2 Å². The standard InChI is InChI=1S/C21H29N3/c1-7-24(6)14-23-21-12-17(4)20(11-18(21)5)22-13-19-10-15(2)8-9-16(19)3/h8-12,14,22H,7,13H2,1-6H3/b23-14-. The lowest BCUT2D eigenvalue weighted by molar-refractivity contribution is 0.552. The Morgan fingerprint density at radius 3 is 2.46 bits per heavy atom. The third-order valence-corrected chi connectivity index (χ3v) is 4.41. The number of benzene rings is 2. The number of anilines is 1. The number of hydrogen-bond donors (Lipinski definition) is 1. The Morgan fingerprint density at radius 2 is 1.75 bits per heavy atom. The molecule has 0 aliphatic carbocycles. The highest BCUT2D eigenvalue weighted by Gasteiger charge is 2.05. The van der Waals surface area contributed by atoms with Gasteiger partial charge in [0, 0.05) is 25.8 Å².